The van der Waals surface area contributed by atoms with E-state index in [0.717, 1.165) is 10.8 Å². The van der Waals surface area contributed by atoms with Crippen molar-refractivity contribution in [3.8, 4) is 5.75 Å². The summed E-state index contributed by atoms with van der Waals surface area (Å²) in [6.07, 6.45) is 0. The molecule has 2 aromatic carbocycles. The van der Waals surface area contributed by atoms with Crippen molar-refractivity contribution in [2.24, 2.45) is 0 Å². The lowest BCUT2D eigenvalue weighted by molar-refractivity contribution is -0.150. The molecule has 26 heavy (non-hydrogen) atoms. The number of benzene rings is 2. The fourth-order valence-electron chi connectivity index (χ4n) is 2.15. The van der Waals surface area contributed by atoms with Gasteiger partial charge in [-0.2, -0.15) is 0 Å². The molecule has 0 saturated heterocycles. The highest BCUT2D eigenvalue weighted by Gasteiger charge is 2.13. The van der Waals surface area contributed by atoms with Gasteiger partial charge in [-0.25, -0.2) is 9.59 Å². The van der Waals surface area contributed by atoms with Gasteiger partial charge in [0.1, 0.15) is 5.75 Å². The number of hydrogen-bond acceptors (Lipinski definition) is 5. The molecular formula is C18H19ClN2O5. The number of esters is 1. The Morgan fingerprint density at radius 2 is 1.73 bits per heavy atom. The Hall–Kier alpha value is -2.80. The summed E-state index contributed by atoms with van der Waals surface area (Å²) in [5, 5.41) is 6.67. The average molecular weight is 379 g/mol. The van der Waals surface area contributed by atoms with E-state index in [-0.39, 0.29) is 12.6 Å². The maximum Gasteiger partial charge on any atom is 0.344 e. The molecule has 0 bridgehead atoms. The third-order valence-electron chi connectivity index (χ3n) is 3.21. The molecule has 138 valence electrons. The smallest absolute Gasteiger partial charge is 0.344 e. The molecular weight excluding hydrogens is 360 g/mol. The number of halogens is 1. The summed E-state index contributed by atoms with van der Waals surface area (Å²) in [5.41, 5.74) is 0. The molecule has 2 aromatic rings. The molecule has 0 aliphatic heterocycles. The maximum absolute atomic E-state index is 11.7. The summed E-state index contributed by atoms with van der Waals surface area (Å²) in [6, 6.07) is 9.90. The Morgan fingerprint density at radius 3 is 2.42 bits per heavy atom. The molecule has 0 atom stereocenters. The quantitative estimate of drug-likeness (QED) is 0.754. The molecule has 0 aliphatic rings. The van der Waals surface area contributed by atoms with Crippen molar-refractivity contribution in [1.82, 2.24) is 10.6 Å². The molecule has 2 rings (SSSR count). The highest BCUT2D eigenvalue weighted by atomic mass is 35.5. The molecule has 0 radical (unpaired) electrons. The molecule has 0 unspecified atom stereocenters. The van der Waals surface area contributed by atoms with E-state index in [0.29, 0.717) is 10.8 Å². The second-order valence-corrected chi connectivity index (χ2v) is 6.12. The van der Waals surface area contributed by atoms with Crippen LogP contribution in [0.5, 0.6) is 5.75 Å². The van der Waals surface area contributed by atoms with Crippen molar-refractivity contribution in [2.45, 2.75) is 19.9 Å². The number of urea groups is 1. The Kier molecular flexibility index (Phi) is 6.80. The zero-order valence-electron chi connectivity index (χ0n) is 14.4. The van der Waals surface area contributed by atoms with Crippen LogP contribution in [0.25, 0.3) is 10.8 Å². The van der Waals surface area contributed by atoms with E-state index in [1.54, 1.807) is 26.0 Å². The fraction of sp³-hybridized carbons (Fsp3) is 0.278. The van der Waals surface area contributed by atoms with E-state index in [1.807, 2.05) is 29.6 Å². The Morgan fingerprint density at radius 1 is 1.04 bits per heavy atom. The summed E-state index contributed by atoms with van der Waals surface area (Å²) in [5.74, 6) is -0.986. The second-order valence-electron chi connectivity index (χ2n) is 5.72. The lowest BCUT2D eigenvalue weighted by Gasteiger charge is -2.11. The SMILES string of the molecule is CC(C)NC(=O)NC(=O)COC(=O)COc1ccc(Cl)c2ccccc12. The molecule has 0 fully saturated rings. The van der Waals surface area contributed by atoms with Gasteiger partial charge in [0.05, 0.1) is 0 Å². The Labute approximate surface area is 155 Å². The number of nitrogens with one attached hydrogen (secondary N) is 2. The van der Waals surface area contributed by atoms with Gasteiger partial charge >= 0.3 is 12.0 Å². The van der Waals surface area contributed by atoms with Gasteiger partial charge in [-0.15, -0.1) is 0 Å². The minimum Gasteiger partial charge on any atom is -0.481 e. The first kappa shape index (κ1) is 19.5. The minimum absolute atomic E-state index is 0.118. The van der Waals surface area contributed by atoms with Crippen LogP contribution >= 0.6 is 11.6 Å². The van der Waals surface area contributed by atoms with E-state index in [4.69, 9.17) is 21.1 Å². The predicted molar refractivity (Wildman–Crippen MR) is 97.2 cm³/mol. The van der Waals surface area contributed by atoms with Gasteiger partial charge in [0.15, 0.2) is 13.2 Å². The van der Waals surface area contributed by atoms with Crippen LogP contribution in [0.2, 0.25) is 5.02 Å². The maximum atomic E-state index is 11.7. The number of carbonyl (C=O) groups excluding carboxylic acids is 3. The van der Waals surface area contributed by atoms with Crippen LogP contribution in [0.4, 0.5) is 4.79 Å². The Balaban J connectivity index is 1.83. The molecule has 0 aliphatic carbocycles. The first-order valence-corrected chi connectivity index (χ1v) is 8.30. The first-order chi connectivity index (χ1) is 12.4. The fourth-order valence-corrected chi connectivity index (χ4v) is 2.37. The number of ether oxygens (including phenoxy) is 2. The summed E-state index contributed by atoms with van der Waals surface area (Å²) in [6.45, 7) is 2.55. The van der Waals surface area contributed by atoms with Crippen LogP contribution in [0, 0.1) is 0 Å². The molecule has 0 heterocycles. The standard InChI is InChI=1S/C18H19ClN2O5/c1-11(2)20-18(24)21-16(22)9-26-17(23)10-25-15-8-7-14(19)12-5-3-4-6-13(12)15/h3-8,11H,9-10H2,1-2H3,(H2,20,21,22,24). The highest BCUT2D eigenvalue weighted by molar-refractivity contribution is 6.35. The van der Waals surface area contributed by atoms with Crippen molar-refractivity contribution >= 4 is 40.3 Å². The zero-order valence-corrected chi connectivity index (χ0v) is 15.1. The van der Waals surface area contributed by atoms with E-state index in [9.17, 15) is 14.4 Å². The van der Waals surface area contributed by atoms with Gasteiger partial charge in [-0.05, 0) is 26.0 Å². The lowest BCUT2D eigenvalue weighted by Crippen LogP contribution is -2.44. The third kappa shape index (κ3) is 5.63. The zero-order chi connectivity index (χ0) is 19.1. The molecule has 8 heteroatoms. The van der Waals surface area contributed by atoms with Crippen molar-refractivity contribution in [1.29, 1.82) is 0 Å². The number of hydrogen-bond donors (Lipinski definition) is 2. The summed E-state index contributed by atoms with van der Waals surface area (Å²) in [4.78, 5) is 34.6. The minimum atomic E-state index is -0.733. The summed E-state index contributed by atoms with van der Waals surface area (Å²) >= 11 is 6.12. The van der Waals surface area contributed by atoms with Crippen molar-refractivity contribution < 1.29 is 23.9 Å². The number of carbonyl (C=O) groups is 3. The van der Waals surface area contributed by atoms with Crippen molar-refractivity contribution in [2.75, 3.05) is 13.2 Å². The van der Waals surface area contributed by atoms with E-state index >= 15 is 0 Å². The number of amides is 3. The van der Waals surface area contributed by atoms with Crippen LogP contribution in [0.1, 0.15) is 13.8 Å². The van der Waals surface area contributed by atoms with Gasteiger partial charge in [-0.3, -0.25) is 10.1 Å². The number of fused-ring (bicyclic) bond motifs is 1. The largest absolute Gasteiger partial charge is 0.481 e. The van der Waals surface area contributed by atoms with Crippen LogP contribution in [0.3, 0.4) is 0 Å². The number of imide groups is 1. The average Bonchev–Trinajstić information content (AvgIpc) is 2.59. The van der Waals surface area contributed by atoms with Crippen molar-refractivity contribution in [3.05, 3.63) is 41.4 Å². The molecule has 7 nitrogen and oxygen atoms in total. The second kappa shape index (κ2) is 9.05. The highest BCUT2D eigenvalue weighted by Crippen LogP contribution is 2.31. The van der Waals surface area contributed by atoms with E-state index in [2.05, 4.69) is 5.32 Å². The Bertz CT molecular complexity index is 822. The molecule has 0 aromatic heterocycles. The predicted octanol–water partition coefficient (Wildman–Crippen LogP) is 2.65. The molecule has 2 N–H and O–H groups in total. The molecule has 3 amide bonds. The lowest BCUT2D eigenvalue weighted by atomic mass is 10.1. The third-order valence-corrected chi connectivity index (χ3v) is 3.54. The molecule has 0 spiro atoms. The summed E-state index contributed by atoms with van der Waals surface area (Å²) in [7, 11) is 0. The first-order valence-electron chi connectivity index (χ1n) is 7.93. The monoisotopic (exact) mass is 378 g/mol. The summed E-state index contributed by atoms with van der Waals surface area (Å²) < 4.78 is 10.2. The normalized spacial score (nSPS) is 10.5. The van der Waals surface area contributed by atoms with Gasteiger partial charge in [0.2, 0.25) is 0 Å². The van der Waals surface area contributed by atoms with Gasteiger partial charge < -0.3 is 14.8 Å². The van der Waals surface area contributed by atoms with Crippen LogP contribution < -0.4 is 15.4 Å². The molecule has 0 saturated carbocycles. The van der Waals surface area contributed by atoms with E-state index in [1.165, 1.54) is 0 Å². The topological polar surface area (TPSA) is 93.7 Å². The van der Waals surface area contributed by atoms with Crippen LogP contribution in [-0.2, 0) is 14.3 Å². The van der Waals surface area contributed by atoms with E-state index < -0.39 is 24.5 Å². The van der Waals surface area contributed by atoms with Gasteiger partial charge in [0.25, 0.3) is 5.91 Å². The van der Waals surface area contributed by atoms with Crippen LogP contribution in [0.15, 0.2) is 36.4 Å². The van der Waals surface area contributed by atoms with Gasteiger partial charge in [0, 0.05) is 21.8 Å². The van der Waals surface area contributed by atoms with Gasteiger partial charge in [-0.1, -0.05) is 35.9 Å². The number of rotatable bonds is 6. The van der Waals surface area contributed by atoms with Crippen LogP contribution in [-0.4, -0.2) is 37.2 Å². The van der Waals surface area contributed by atoms with Crippen molar-refractivity contribution in [3.63, 3.8) is 0 Å².